The number of nitrogens with zero attached hydrogens (tertiary/aromatic N) is 3. The van der Waals surface area contributed by atoms with E-state index in [0.29, 0.717) is 13.0 Å². The first-order valence-electron chi connectivity index (χ1n) is 16.0. The van der Waals surface area contributed by atoms with Gasteiger partial charge in [-0.15, -0.1) is 0 Å². The molecule has 1 fully saturated rings. The number of aliphatic imine (C=N–C) groups is 1. The number of rotatable bonds is 12. The Morgan fingerprint density at radius 1 is 0.773 bits per heavy atom. The molecule has 0 spiro atoms. The van der Waals surface area contributed by atoms with Gasteiger partial charge in [0.25, 0.3) is 0 Å². The van der Waals surface area contributed by atoms with Crippen LogP contribution in [0.4, 0.5) is 11.4 Å². The van der Waals surface area contributed by atoms with Crippen molar-refractivity contribution in [1.82, 2.24) is 10.2 Å². The second kappa shape index (κ2) is 15.2. The number of carbonyl (C=O) groups is 1. The van der Waals surface area contributed by atoms with Crippen molar-refractivity contribution in [3.8, 4) is 11.1 Å². The molecular weight excluding hydrogens is 561 g/mol. The van der Waals surface area contributed by atoms with E-state index < -0.39 is 0 Å². The van der Waals surface area contributed by atoms with E-state index in [2.05, 4.69) is 81.8 Å². The maximum atomic E-state index is 13.5. The van der Waals surface area contributed by atoms with E-state index in [1.165, 1.54) is 56.4 Å². The van der Waals surface area contributed by atoms with Gasteiger partial charge in [-0.3, -0.25) is 4.79 Å². The fourth-order valence-corrected chi connectivity index (χ4v) is 7.23. The van der Waals surface area contributed by atoms with Gasteiger partial charge < -0.3 is 15.1 Å². The quantitative estimate of drug-likeness (QED) is 0.165. The van der Waals surface area contributed by atoms with Crippen molar-refractivity contribution >= 4 is 34.2 Å². The van der Waals surface area contributed by atoms with Crippen molar-refractivity contribution in [3.63, 3.8) is 0 Å². The largest absolute Gasteiger partial charge is 0.352 e. The zero-order chi connectivity index (χ0) is 30.0. The molecule has 0 bridgehead atoms. The van der Waals surface area contributed by atoms with Gasteiger partial charge >= 0.3 is 0 Å². The number of unbranched alkanes of at least 4 members (excludes halogenated alkanes) is 2. The van der Waals surface area contributed by atoms with Crippen LogP contribution in [-0.4, -0.2) is 41.4 Å². The monoisotopic (exact) mass is 602 g/mol. The summed E-state index contributed by atoms with van der Waals surface area (Å²) in [4.78, 5) is 23.6. The van der Waals surface area contributed by atoms with E-state index in [1.807, 2.05) is 54.2 Å². The van der Waals surface area contributed by atoms with Gasteiger partial charge in [0.1, 0.15) is 0 Å². The maximum absolute atomic E-state index is 13.5. The lowest BCUT2D eigenvalue weighted by Crippen LogP contribution is -2.39. The van der Waals surface area contributed by atoms with Crippen LogP contribution >= 0.6 is 11.8 Å². The minimum absolute atomic E-state index is 0.0349. The number of carbonyl (C=O) groups excluding carboxylic acids is 1. The predicted octanol–water partition coefficient (Wildman–Crippen LogP) is 8.61. The van der Waals surface area contributed by atoms with Crippen molar-refractivity contribution in [2.75, 3.05) is 30.3 Å². The number of thioether (sulfide) groups is 1. The van der Waals surface area contributed by atoms with Crippen LogP contribution < -0.4 is 10.2 Å². The molecule has 1 N–H and O–H groups in total. The Bertz CT molecular complexity index is 1520. The molecule has 5 nitrogen and oxygen atoms in total. The van der Waals surface area contributed by atoms with Crippen molar-refractivity contribution in [2.24, 2.45) is 4.99 Å². The summed E-state index contributed by atoms with van der Waals surface area (Å²) in [6.45, 7) is 4.28. The van der Waals surface area contributed by atoms with Gasteiger partial charge in [0.15, 0.2) is 5.17 Å². The molecule has 1 amide bonds. The molecule has 1 atom stereocenters. The number of anilines is 1. The van der Waals surface area contributed by atoms with Crippen molar-refractivity contribution in [1.29, 1.82) is 0 Å². The highest BCUT2D eigenvalue weighted by atomic mass is 32.2. The average Bonchev–Trinajstić information content (AvgIpc) is 3.60. The second-order valence-electron chi connectivity index (χ2n) is 11.7. The number of fused-ring (bicyclic) bond motifs is 1. The SMILES string of the molecule is O=C(CC1c2ccccc2N=C(SCCCCCN2CCCC2)N1c1ccc(-c2ccccc2)cc1)NCc1ccccc1. The van der Waals surface area contributed by atoms with Crippen molar-refractivity contribution in [2.45, 2.75) is 51.1 Å². The maximum Gasteiger partial charge on any atom is 0.222 e. The topological polar surface area (TPSA) is 47.9 Å². The van der Waals surface area contributed by atoms with E-state index in [0.717, 1.165) is 39.8 Å². The van der Waals surface area contributed by atoms with Gasteiger partial charge in [0.2, 0.25) is 5.91 Å². The first kappa shape index (κ1) is 30.2. The minimum atomic E-state index is -0.153. The molecule has 226 valence electrons. The summed E-state index contributed by atoms with van der Waals surface area (Å²) in [5.41, 5.74) is 6.57. The van der Waals surface area contributed by atoms with Crippen LogP contribution in [0.3, 0.4) is 0 Å². The summed E-state index contributed by atoms with van der Waals surface area (Å²) in [6.07, 6.45) is 6.69. The average molecular weight is 603 g/mol. The van der Waals surface area contributed by atoms with Crippen molar-refractivity contribution < 1.29 is 4.79 Å². The van der Waals surface area contributed by atoms with E-state index in [1.54, 1.807) is 0 Å². The third-order valence-electron chi connectivity index (χ3n) is 8.54. The van der Waals surface area contributed by atoms with Crippen LogP contribution in [0.1, 0.15) is 55.7 Å². The number of para-hydroxylation sites is 1. The number of hydrogen-bond acceptors (Lipinski definition) is 5. The van der Waals surface area contributed by atoms with E-state index >= 15 is 0 Å². The lowest BCUT2D eigenvalue weighted by molar-refractivity contribution is -0.121. The molecule has 2 aliphatic heterocycles. The van der Waals surface area contributed by atoms with E-state index in [4.69, 9.17) is 4.99 Å². The molecule has 1 unspecified atom stereocenters. The summed E-state index contributed by atoms with van der Waals surface area (Å²) >= 11 is 1.82. The molecule has 2 aliphatic rings. The fourth-order valence-electron chi connectivity index (χ4n) is 6.17. The van der Waals surface area contributed by atoms with Crippen LogP contribution in [0.25, 0.3) is 11.1 Å². The van der Waals surface area contributed by atoms with Gasteiger partial charge in [-0.05, 0) is 80.2 Å². The molecule has 0 aromatic heterocycles. The second-order valence-corrected chi connectivity index (χ2v) is 12.7. The van der Waals surface area contributed by atoms with E-state index in [-0.39, 0.29) is 11.9 Å². The first-order chi connectivity index (χ1) is 21.7. The Hall–Kier alpha value is -3.87. The highest BCUT2D eigenvalue weighted by Gasteiger charge is 2.33. The van der Waals surface area contributed by atoms with Crippen molar-refractivity contribution in [3.05, 3.63) is 120 Å². The summed E-state index contributed by atoms with van der Waals surface area (Å²) in [5.74, 6) is 1.04. The van der Waals surface area contributed by atoms with Crippen LogP contribution in [0, 0.1) is 0 Å². The predicted molar refractivity (Wildman–Crippen MR) is 186 cm³/mol. The summed E-state index contributed by atoms with van der Waals surface area (Å²) < 4.78 is 0. The third-order valence-corrected chi connectivity index (χ3v) is 9.58. The number of likely N-dealkylation sites (tertiary alicyclic amines) is 1. The number of amides is 1. The van der Waals surface area contributed by atoms with Crippen LogP contribution in [0.2, 0.25) is 0 Å². The molecule has 0 radical (unpaired) electrons. The Morgan fingerprint density at radius 2 is 1.45 bits per heavy atom. The molecule has 2 heterocycles. The van der Waals surface area contributed by atoms with Gasteiger partial charge in [0, 0.05) is 23.5 Å². The Balaban J connectivity index is 1.22. The molecule has 6 heteroatoms. The Kier molecular flexibility index (Phi) is 10.4. The third kappa shape index (κ3) is 7.79. The smallest absolute Gasteiger partial charge is 0.222 e. The van der Waals surface area contributed by atoms with Gasteiger partial charge in [-0.1, -0.05) is 109 Å². The fraction of sp³-hybridized carbons (Fsp3) is 0.316. The number of nitrogens with one attached hydrogen (secondary N) is 1. The molecule has 0 aliphatic carbocycles. The number of hydrogen-bond donors (Lipinski definition) is 1. The molecule has 4 aromatic carbocycles. The number of benzene rings is 4. The molecule has 0 saturated carbocycles. The Labute approximate surface area is 266 Å². The van der Waals surface area contributed by atoms with E-state index in [9.17, 15) is 4.79 Å². The van der Waals surface area contributed by atoms with Crippen LogP contribution in [0.5, 0.6) is 0 Å². The highest BCUT2D eigenvalue weighted by Crippen LogP contribution is 2.42. The molecular formula is C38H42N4OS. The zero-order valence-corrected chi connectivity index (χ0v) is 26.2. The first-order valence-corrected chi connectivity index (χ1v) is 17.0. The van der Waals surface area contributed by atoms with Crippen LogP contribution in [-0.2, 0) is 11.3 Å². The molecule has 44 heavy (non-hydrogen) atoms. The Morgan fingerprint density at radius 3 is 2.23 bits per heavy atom. The normalized spacial score (nSPS) is 16.4. The van der Waals surface area contributed by atoms with Crippen LogP contribution in [0.15, 0.2) is 114 Å². The summed E-state index contributed by atoms with van der Waals surface area (Å²) in [5, 5.41) is 4.14. The van der Waals surface area contributed by atoms with Gasteiger partial charge in [0.05, 0.1) is 18.2 Å². The summed E-state index contributed by atoms with van der Waals surface area (Å²) in [6, 6.07) is 37.4. The summed E-state index contributed by atoms with van der Waals surface area (Å²) in [7, 11) is 0. The minimum Gasteiger partial charge on any atom is -0.352 e. The molecule has 6 rings (SSSR count). The zero-order valence-electron chi connectivity index (χ0n) is 25.4. The van der Waals surface area contributed by atoms with Gasteiger partial charge in [-0.25, -0.2) is 4.99 Å². The lowest BCUT2D eigenvalue weighted by atomic mass is 9.97. The molecule has 1 saturated heterocycles. The molecule has 4 aromatic rings. The standard InChI is InChI=1S/C38H42N4OS/c43-37(39-29-30-14-4-1-5-15-30)28-36-34-18-8-9-19-35(34)40-38(44-27-13-3-10-24-41-25-11-12-26-41)42(36)33-22-20-32(21-23-33)31-16-6-2-7-17-31/h1-2,4-9,14-23,36H,3,10-13,24-29H2,(H,39,43). The number of amidine groups is 1. The highest BCUT2D eigenvalue weighted by molar-refractivity contribution is 8.14. The lowest BCUT2D eigenvalue weighted by Gasteiger charge is -2.38. The van der Waals surface area contributed by atoms with Gasteiger partial charge in [-0.2, -0.15) is 0 Å².